The van der Waals surface area contributed by atoms with Crippen LogP contribution in [0.25, 0.3) is 0 Å². The first-order chi connectivity index (χ1) is 15.4. The molecule has 0 radical (unpaired) electrons. The minimum absolute atomic E-state index is 0.0361. The van der Waals surface area contributed by atoms with Gasteiger partial charge in [-0.15, -0.1) is 0 Å². The molecule has 0 aromatic heterocycles. The molecule has 0 aliphatic carbocycles. The Morgan fingerprint density at radius 1 is 1.00 bits per heavy atom. The maximum Gasteiger partial charge on any atom is 0.243 e. The summed E-state index contributed by atoms with van der Waals surface area (Å²) in [5, 5.41) is 0. The van der Waals surface area contributed by atoms with Crippen LogP contribution in [0, 0.1) is 0 Å². The Bertz CT molecular complexity index is 1170. The van der Waals surface area contributed by atoms with Gasteiger partial charge < -0.3 is 10.5 Å². The van der Waals surface area contributed by atoms with Gasteiger partial charge in [0.2, 0.25) is 10.0 Å². The topological polar surface area (TPSA) is 107 Å². The number of hydrogen-bond donors (Lipinski definition) is 1. The van der Waals surface area contributed by atoms with Crippen molar-refractivity contribution < 1.29 is 26.0 Å². The van der Waals surface area contributed by atoms with Crippen LogP contribution in [0.3, 0.4) is 0 Å². The van der Waals surface area contributed by atoms with Crippen molar-refractivity contribution in [3.63, 3.8) is 0 Å². The molecule has 0 heterocycles. The molecule has 2 aromatic rings. The zero-order valence-corrected chi connectivity index (χ0v) is 20.9. The van der Waals surface area contributed by atoms with Gasteiger partial charge in [0.05, 0.1) is 9.79 Å². The van der Waals surface area contributed by atoms with E-state index >= 15 is 0 Å². The van der Waals surface area contributed by atoms with Crippen LogP contribution in [0.15, 0.2) is 70.2 Å². The molecule has 33 heavy (non-hydrogen) atoms. The van der Waals surface area contributed by atoms with Gasteiger partial charge in [0.15, 0.2) is 9.84 Å². The highest BCUT2D eigenvalue weighted by Crippen LogP contribution is 2.23. The number of rotatable bonds is 11. The first-order valence-corrected chi connectivity index (χ1v) is 13.6. The zero-order chi connectivity index (χ0) is 24.8. The molecule has 7 nitrogen and oxygen atoms in total. The smallest absolute Gasteiger partial charge is 0.243 e. The Labute approximate surface area is 196 Å². The summed E-state index contributed by atoms with van der Waals surface area (Å²) in [6.07, 6.45) is 1.02. The lowest BCUT2D eigenvalue weighted by molar-refractivity contribution is 0.301. The van der Waals surface area contributed by atoms with E-state index in [0.29, 0.717) is 11.3 Å². The summed E-state index contributed by atoms with van der Waals surface area (Å²) in [6, 6.07) is 11.8. The van der Waals surface area contributed by atoms with Crippen LogP contribution in [-0.4, -0.2) is 45.5 Å². The third-order valence-corrected chi connectivity index (χ3v) is 8.64. The van der Waals surface area contributed by atoms with E-state index in [9.17, 15) is 21.2 Å². The summed E-state index contributed by atoms with van der Waals surface area (Å²) in [4.78, 5) is 0.144. The molecule has 0 saturated heterocycles. The van der Waals surface area contributed by atoms with E-state index in [1.54, 1.807) is 24.3 Å². The second kappa shape index (κ2) is 11.2. The van der Waals surface area contributed by atoms with Crippen molar-refractivity contribution in [2.45, 2.75) is 56.2 Å². The number of benzene rings is 2. The fraction of sp³-hybridized carbons (Fsp3) is 0.391. The molecule has 0 fully saturated rings. The van der Waals surface area contributed by atoms with Gasteiger partial charge in [-0.1, -0.05) is 12.1 Å². The Kier molecular flexibility index (Phi) is 9.19. The van der Waals surface area contributed by atoms with Crippen LogP contribution >= 0.6 is 0 Å². The molecule has 0 atom stereocenters. The predicted molar refractivity (Wildman–Crippen MR) is 127 cm³/mol. The first-order valence-electron chi connectivity index (χ1n) is 10.5. The molecule has 0 amide bonds. The third kappa shape index (κ3) is 7.10. The lowest BCUT2D eigenvalue weighted by Crippen LogP contribution is -2.41. The highest BCUT2D eigenvalue weighted by Gasteiger charge is 2.29. The Morgan fingerprint density at radius 2 is 1.61 bits per heavy atom. The lowest BCUT2D eigenvalue weighted by atomic mass is 10.2. The second-order valence-electron chi connectivity index (χ2n) is 8.08. The SMILES string of the molecule is CC(C)N(C(C)C)S(=O)(=O)c1cccc(COc2ccc(S(=O)(=O)C/C(F)=C/CN)cc2)c1. The molecule has 2 rings (SSSR count). The van der Waals surface area contributed by atoms with Crippen LogP contribution in [0.5, 0.6) is 5.75 Å². The number of halogens is 1. The van der Waals surface area contributed by atoms with Crippen LogP contribution in [0.1, 0.15) is 33.3 Å². The van der Waals surface area contributed by atoms with Crippen LogP contribution < -0.4 is 10.5 Å². The molecule has 0 aliphatic heterocycles. The Hall–Kier alpha value is -2.27. The quantitative estimate of drug-likeness (QED) is 0.507. The molecule has 2 aromatic carbocycles. The average molecular weight is 499 g/mol. The summed E-state index contributed by atoms with van der Waals surface area (Å²) in [6.45, 7) is 7.33. The van der Waals surface area contributed by atoms with E-state index in [2.05, 4.69) is 0 Å². The maximum absolute atomic E-state index is 13.6. The number of nitrogens with zero attached hydrogens (tertiary/aromatic N) is 1. The second-order valence-corrected chi connectivity index (χ2v) is 11.9. The number of nitrogens with two attached hydrogens (primary N) is 1. The standard InChI is InChI=1S/C23H31FN2O5S2/c1-17(2)26(18(3)4)33(29,30)23-7-5-6-19(14-23)15-31-21-8-10-22(11-9-21)32(27,28)16-20(24)12-13-25/h5-12,14,17-18H,13,15-16,25H2,1-4H3/b20-12-. The van der Waals surface area contributed by atoms with E-state index in [4.69, 9.17) is 10.5 Å². The van der Waals surface area contributed by atoms with E-state index < -0.39 is 31.4 Å². The first kappa shape index (κ1) is 27.0. The average Bonchev–Trinajstić information content (AvgIpc) is 2.71. The van der Waals surface area contributed by atoms with E-state index in [1.807, 2.05) is 27.7 Å². The third-order valence-electron chi connectivity index (χ3n) is 4.75. The maximum atomic E-state index is 13.6. The van der Waals surface area contributed by atoms with Gasteiger partial charge in [0, 0.05) is 18.6 Å². The van der Waals surface area contributed by atoms with E-state index in [-0.39, 0.29) is 35.0 Å². The Morgan fingerprint density at radius 3 is 2.15 bits per heavy atom. The zero-order valence-electron chi connectivity index (χ0n) is 19.2. The minimum Gasteiger partial charge on any atom is -0.489 e. The molecule has 0 saturated carbocycles. The van der Waals surface area contributed by atoms with Gasteiger partial charge >= 0.3 is 0 Å². The number of hydrogen-bond acceptors (Lipinski definition) is 6. The number of sulfone groups is 1. The lowest BCUT2D eigenvalue weighted by Gasteiger charge is -2.29. The largest absolute Gasteiger partial charge is 0.489 e. The van der Waals surface area contributed by atoms with E-state index in [1.165, 1.54) is 28.6 Å². The summed E-state index contributed by atoms with van der Waals surface area (Å²) in [7, 11) is -7.51. The highest BCUT2D eigenvalue weighted by molar-refractivity contribution is 7.91. The minimum atomic E-state index is -3.84. The molecule has 2 N–H and O–H groups in total. The fourth-order valence-electron chi connectivity index (χ4n) is 3.43. The summed E-state index contributed by atoms with van der Waals surface area (Å²) in [5.74, 6) is -1.16. The monoisotopic (exact) mass is 498 g/mol. The van der Waals surface area contributed by atoms with Gasteiger partial charge in [-0.2, -0.15) is 4.31 Å². The number of sulfonamides is 1. The fourth-order valence-corrected chi connectivity index (χ4v) is 6.53. The molecule has 0 unspecified atom stereocenters. The Balaban J connectivity index is 2.14. The van der Waals surface area contributed by atoms with Gasteiger partial charge in [-0.25, -0.2) is 21.2 Å². The van der Waals surface area contributed by atoms with Gasteiger partial charge in [-0.3, -0.25) is 0 Å². The molecular weight excluding hydrogens is 467 g/mol. The predicted octanol–water partition coefficient (Wildman–Crippen LogP) is 3.66. The van der Waals surface area contributed by atoms with Crippen molar-refractivity contribution in [3.05, 3.63) is 66.0 Å². The van der Waals surface area contributed by atoms with Crippen molar-refractivity contribution in [1.82, 2.24) is 4.31 Å². The summed E-state index contributed by atoms with van der Waals surface area (Å²) in [5.41, 5.74) is 5.85. The van der Waals surface area contributed by atoms with Crippen molar-refractivity contribution in [3.8, 4) is 5.75 Å². The van der Waals surface area contributed by atoms with Gasteiger partial charge in [0.25, 0.3) is 0 Å². The van der Waals surface area contributed by atoms with Crippen molar-refractivity contribution in [1.29, 1.82) is 0 Å². The van der Waals surface area contributed by atoms with Crippen molar-refractivity contribution in [2.24, 2.45) is 5.73 Å². The normalized spacial score (nSPS) is 13.2. The van der Waals surface area contributed by atoms with Crippen molar-refractivity contribution in [2.75, 3.05) is 12.3 Å². The molecule has 0 spiro atoms. The van der Waals surface area contributed by atoms with Crippen LogP contribution in [0.2, 0.25) is 0 Å². The van der Waals surface area contributed by atoms with E-state index in [0.717, 1.165) is 6.08 Å². The molecule has 10 heteroatoms. The summed E-state index contributed by atoms with van der Waals surface area (Å²) >= 11 is 0. The molecule has 182 valence electrons. The van der Waals surface area contributed by atoms with Crippen LogP contribution in [-0.2, 0) is 26.5 Å². The van der Waals surface area contributed by atoms with Crippen molar-refractivity contribution >= 4 is 19.9 Å². The molecule has 0 aliphatic rings. The molecule has 0 bridgehead atoms. The van der Waals surface area contributed by atoms with Crippen LogP contribution in [0.4, 0.5) is 4.39 Å². The molecular formula is C23H31FN2O5S2. The summed E-state index contributed by atoms with van der Waals surface area (Å²) < 4.78 is 71.4. The van der Waals surface area contributed by atoms with Gasteiger partial charge in [-0.05, 0) is 75.7 Å². The van der Waals surface area contributed by atoms with Gasteiger partial charge in [0.1, 0.15) is 23.9 Å². The highest BCUT2D eigenvalue weighted by atomic mass is 32.2. The number of ether oxygens (including phenoxy) is 1.